The fourth-order valence-electron chi connectivity index (χ4n) is 3.54. The molecule has 114 valence electrons. The molecular formula is C15H20BrN3O2. The molecule has 2 saturated heterocycles. The van der Waals surface area contributed by atoms with Gasteiger partial charge >= 0.3 is 0 Å². The van der Waals surface area contributed by atoms with Gasteiger partial charge in [-0.25, -0.2) is 0 Å². The first-order valence-electron chi connectivity index (χ1n) is 7.49. The molecule has 0 aromatic heterocycles. The van der Waals surface area contributed by atoms with Gasteiger partial charge in [0.1, 0.15) is 0 Å². The summed E-state index contributed by atoms with van der Waals surface area (Å²) in [6.07, 6.45) is 5.00. The molecule has 1 aromatic rings. The standard InChI is InChI=1S/C15H20BrN3O2/c16-13-11-12(19(20)21)1-2-14(13)18-9-5-15(6-10-18)3-7-17-8-4-15/h1-2,11,17H,3-10H2. The molecule has 2 fully saturated rings. The van der Waals surface area contributed by atoms with Crippen LogP contribution in [0, 0.1) is 15.5 Å². The van der Waals surface area contributed by atoms with Crippen LogP contribution >= 0.6 is 15.9 Å². The number of nitrogens with one attached hydrogen (secondary N) is 1. The van der Waals surface area contributed by atoms with Gasteiger partial charge in [0.15, 0.2) is 0 Å². The summed E-state index contributed by atoms with van der Waals surface area (Å²) in [5.74, 6) is 0. The quantitative estimate of drug-likeness (QED) is 0.654. The normalized spacial score (nSPS) is 21.5. The summed E-state index contributed by atoms with van der Waals surface area (Å²) < 4.78 is 0.818. The van der Waals surface area contributed by atoms with Crippen LogP contribution in [0.3, 0.4) is 0 Å². The maximum atomic E-state index is 10.8. The monoisotopic (exact) mass is 353 g/mol. The predicted octanol–water partition coefficient (Wildman–Crippen LogP) is 3.33. The Morgan fingerprint density at radius 3 is 2.43 bits per heavy atom. The van der Waals surface area contributed by atoms with E-state index in [1.165, 1.54) is 25.7 Å². The van der Waals surface area contributed by atoms with Gasteiger partial charge in [-0.1, -0.05) is 0 Å². The van der Waals surface area contributed by atoms with Crippen molar-refractivity contribution >= 4 is 27.3 Å². The molecule has 0 radical (unpaired) electrons. The van der Waals surface area contributed by atoms with E-state index in [1.54, 1.807) is 12.1 Å². The summed E-state index contributed by atoms with van der Waals surface area (Å²) >= 11 is 3.48. The Morgan fingerprint density at radius 2 is 1.86 bits per heavy atom. The minimum absolute atomic E-state index is 0.137. The molecule has 2 aliphatic heterocycles. The second-order valence-corrected chi connectivity index (χ2v) is 6.98. The van der Waals surface area contributed by atoms with Gasteiger partial charge in [-0.05, 0) is 66.2 Å². The molecule has 21 heavy (non-hydrogen) atoms. The SMILES string of the molecule is O=[N+]([O-])c1ccc(N2CCC3(CCNCC3)CC2)c(Br)c1. The maximum Gasteiger partial charge on any atom is 0.270 e. The molecule has 0 aliphatic carbocycles. The van der Waals surface area contributed by atoms with E-state index in [4.69, 9.17) is 0 Å². The van der Waals surface area contributed by atoms with Crippen LogP contribution < -0.4 is 10.2 Å². The van der Waals surface area contributed by atoms with Gasteiger partial charge in [0, 0.05) is 29.7 Å². The topological polar surface area (TPSA) is 58.4 Å². The lowest BCUT2D eigenvalue weighted by atomic mass is 9.71. The highest BCUT2D eigenvalue weighted by atomic mass is 79.9. The molecule has 6 heteroatoms. The van der Waals surface area contributed by atoms with E-state index in [0.29, 0.717) is 5.41 Å². The zero-order valence-corrected chi connectivity index (χ0v) is 13.6. The third kappa shape index (κ3) is 3.06. The first-order chi connectivity index (χ1) is 10.1. The van der Waals surface area contributed by atoms with Gasteiger partial charge in [-0.15, -0.1) is 0 Å². The minimum Gasteiger partial charge on any atom is -0.371 e. The second kappa shape index (κ2) is 5.93. The van der Waals surface area contributed by atoms with Gasteiger partial charge in [0.25, 0.3) is 5.69 Å². The molecule has 0 atom stereocenters. The first kappa shape index (κ1) is 14.8. The van der Waals surface area contributed by atoms with Gasteiger partial charge < -0.3 is 10.2 Å². The summed E-state index contributed by atoms with van der Waals surface area (Å²) in [5, 5.41) is 14.2. The Balaban J connectivity index is 1.70. The van der Waals surface area contributed by atoms with Crippen LogP contribution in [-0.2, 0) is 0 Å². The lowest BCUT2D eigenvalue weighted by Gasteiger charge is -2.45. The highest BCUT2D eigenvalue weighted by molar-refractivity contribution is 9.10. The van der Waals surface area contributed by atoms with Gasteiger partial charge in [-0.2, -0.15) is 0 Å². The van der Waals surface area contributed by atoms with Crippen molar-refractivity contribution in [1.82, 2.24) is 5.32 Å². The number of rotatable bonds is 2. The van der Waals surface area contributed by atoms with Crippen molar-refractivity contribution in [1.29, 1.82) is 0 Å². The van der Waals surface area contributed by atoms with Crippen LogP contribution in [-0.4, -0.2) is 31.1 Å². The molecule has 0 bridgehead atoms. The van der Waals surface area contributed by atoms with Crippen LogP contribution in [0.25, 0.3) is 0 Å². The highest BCUT2D eigenvalue weighted by Gasteiger charge is 2.35. The number of benzene rings is 1. The third-order valence-electron chi connectivity index (χ3n) is 4.97. The predicted molar refractivity (Wildman–Crippen MR) is 86.8 cm³/mol. The molecule has 5 nitrogen and oxygen atoms in total. The van der Waals surface area contributed by atoms with E-state index in [-0.39, 0.29) is 10.6 Å². The van der Waals surface area contributed by atoms with E-state index in [0.717, 1.165) is 36.3 Å². The Kier molecular flexibility index (Phi) is 4.17. The van der Waals surface area contributed by atoms with E-state index in [2.05, 4.69) is 26.1 Å². The third-order valence-corrected chi connectivity index (χ3v) is 5.61. The van der Waals surface area contributed by atoms with Crippen molar-refractivity contribution in [3.8, 4) is 0 Å². The van der Waals surface area contributed by atoms with Crippen molar-refractivity contribution in [3.05, 3.63) is 32.8 Å². The number of non-ortho nitro benzene ring substituents is 1. The molecule has 0 saturated carbocycles. The van der Waals surface area contributed by atoms with Crippen LogP contribution in [0.2, 0.25) is 0 Å². The smallest absolute Gasteiger partial charge is 0.270 e. The fourth-order valence-corrected chi connectivity index (χ4v) is 4.16. The Bertz CT molecular complexity index is 534. The van der Waals surface area contributed by atoms with E-state index < -0.39 is 0 Å². The van der Waals surface area contributed by atoms with Crippen LogP contribution in [0.4, 0.5) is 11.4 Å². The van der Waals surface area contributed by atoms with Gasteiger partial charge in [0.2, 0.25) is 0 Å². The molecule has 1 spiro atoms. The van der Waals surface area contributed by atoms with E-state index in [1.807, 2.05) is 6.07 Å². The van der Waals surface area contributed by atoms with E-state index >= 15 is 0 Å². The van der Waals surface area contributed by atoms with Crippen molar-refractivity contribution in [3.63, 3.8) is 0 Å². The average Bonchev–Trinajstić information content (AvgIpc) is 2.49. The van der Waals surface area contributed by atoms with Crippen molar-refractivity contribution in [2.75, 3.05) is 31.1 Å². The number of hydrogen-bond donors (Lipinski definition) is 1. The molecule has 3 rings (SSSR count). The van der Waals surface area contributed by atoms with Crippen molar-refractivity contribution in [2.24, 2.45) is 5.41 Å². The molecule has 0 unspecified atom stereocenters. The summed E-state index contributed by atoms with van der Waals surface area (Å²) in [4.78, 5) is 12.8. The van der Waals surface area contributed by atoms with Crippen LogP contribution in [0.15, 0.2) is 22.7 Å². The van der Waals surface area contributed by atoms with Crippen LogP contribution in [0.1, 0.15) is 25.7 Å². The van der Waals surface area contributed by atoms with Gasteiger partial charge in [-0.3, -0.25) is 10.1 Å². The van der Waals surface area contributed by atoms with Gasteiger partial charge in [0.05, 0.1) is 10.6 Å². The number of nitro groups is 1. The lowest BCUT2D eigenvalue weighted by Crippen LogP contribution is -2.45. The summed E-state index contributed by atoms with van der Waals surface area (Å²) in [7, 11) is 0. The van der Waals surface area contributed by atoms with Crippen molar-refractivity contribution < 1.29 is 4.92 Å². The molecule has 2 heterocycles. The minimum atomic E-state index is -0.352. The van der Waals surface area contributed by atoms with Crippen LogP contribution in [0.5, 0.6) is 0 Å². The zero-order chi connectivity index (χ0) is 14.9. The molecule has 1 N–H and O–H groups in total. The number of hydrogen-bond acceptors (Lipinski definition) is 4. The van der Waals surface area contributed by atoms with Crippen molar-refractivity contribution in [2.45, 2.75) is 25.7 Å². The maximum absolute atomic E-state index is 10.8. The summed E-state index contributed by atoms with van der Waals surface area (Å²) in [5.41, 5.74) is 1.73. The lowest BCUT2D eigenvalue weighted by molar-refractivity contribution is -0.384. The molecule has 2 aliphatic rings. The molecular weight excluding hydrogens is 334 g/mol. The summed E-state index contributed by atoms with van der Waals surface area (Å²) in [6, 6.07) is 5.06. The molecule has 1 aromatic carbocycles. The highest BCUT2D eigenvalue weighted by Crippen LogP contribution is 2.42. The second-order valence-electron chi connectivity index (χ2n) is 6.13. The fraction of sp³-hybridized carbons (Fsp3) is 0.600. The number of nitro benzene ring substituents is 1. The largest absolute Gasteiger partial charge is 0.371 e. The number of anilines is 1. The Labute approximate surface area is 133 Å². The molecule has 0 amide bonds. The Hall–Kier alpha value is -1.14. The first-order valence-corrected chi connectivity index (χ1v) is 8.29. The number of halogens is 1. The number of nitrogens with zero attached hydrogens (tertiary/aromatic N) is 2. The van der Waals surface area contributed by atoms with E-state index in [9.17, 15) is 10.1 Å². The zero-order valence-electron chi connectivity index (χ0n) is 12.0. The number of piperidine rings is 2. The Morgan fingerprint density at radius 1 is 1.19 bits per heavy atom. The summed E-state index contributed by atoms with van der Waals surface area (Å²) in [6.45, 7) is 4.36. The average molecular weight is 354 g/mol.